The van der Waals surface area contributed by atoms with Crippen molar-refractivity contribution < 1.29 is 27.1 Å². The van der Waals surface area contributed by atoms with E-state index in [2.05, 4.69) is 20.5 Å². The first kappa shape index (κ1) is 30.2. The van der Waals surface area contributed by atoms with Crippen molar-refractivity contribution in [1.82, 2.24) is 19.5 Å². The lowest BCUT2D eigenvalue weighted by atomic mass is 10.0. The number of anilines is 1. The monoisotopic (exact) mass is 633 g/mol. The molecule has 2 aromatic heterocycles. The highest BCUT2D eigenvalue weighted by atomic mass is 35.5. The highest BCUT2D eigenvalue weighted by Crippen LogP contribution is 2.37. The Morgan fingerprint density at radius 3 is 2.81 bits per heavy atom. The molecule has 1 aromatic carbocycles. The highest BCUT2D eigenvalue weighted by molar-refractivity contribution is 7.90. The predicted molar refractivity (Wildman–Crippen MR) is 159 cm³/mol. The smallest absolute Gasteiger partial charge is 0.259 e. The van der Waals surface area contributed by atoms with E-state index in [1.807, 2.05) is 12.2 Å². The maximum absolute atomic E-state index is 15.1. The first-order chi connectivity index (χ1) is 20.0. The van der Waals surface area contributed by atoms with E-state index in [1.165, 1.54) is 29.6 Å². The molecule has 0 radical (unpaired) electrons. The van der Waals surface area contributed by atoms with Crippen molar-refractivity contribution in [2.45, 2.75) is 44.1 Å². The minimum Gasteiger partial charge on any atom is -0.496 e. The van der Waals surface area contributed by atoms with Gasteiger partial charge in [-0.3, -0.25) is 15.1 Å². The summed E-state index contributed by atoms with van der Waals surface area (Å²) < 4.78 is 53.4. The Kier molecular flexibility index (Phi) is 8.76. The lowest BCUT2D eigenvalue weighted by Gasteiger charge is -2.31. The summed E-state index contributed by atoms with van der Waals surface area (Å²) in [6.07, 6.45) is 7.88. The molecule has 0 saturated carbocycles. The van der Waals surface area contributed by atoms with Crippen LogP contribution in [0.15, 0.2) is 48.6 Å². The SMILES string of the molecule is COc1ccc(Cl)c(F)c1-c1nc(C)ccc1C(=O)Nc1nnc(CO[C@H]2CCN(S(=O)(=O)C3(C)C=CC=CC3)C2)s1. The van der Waals surface area contributed by atoms with Gasteiger partial charge in [0.1, 0.15) is 22.1 Å². The summed E-state index contributed by atoms with van der Waals surface area (Å²) in [5, 5.41) is 11.4. The molecule has 3 heterocycles. The zero-order valence-corrected chi connectivity index (χ0v) is 25.5. The molecule has 1 aliphatic carbocycles. The molecule has 1 fully saturated rings. The molecule has 1 N–H and O–H groups in total. The molecule has 1 aliphatic heterocycles. The standard InChI is InChI=1S/C28H29ClFN5O5S2/c1-17-7-8-19(25(31-17)23-21(39-3)10-9-20(29)24(23)30)26(36)32-27-34-33-22(41-27)16-40-18-11-14-35(15-18)42(37,38)28(2)12-5-4-6-13-28/h4-10,12,18H,11,13-16H2,1-3H3,(H,32,34,36)/t18-,28?/m0/s1. The minimum atomic E-state index is -3.55. The number of carbonyl (C=O) groups is 1. The number of methoxy groups -OCH3 is 1. The van der Waals surface area contributed by atoms with Gasteiger partial charge >= 0.3 is 0 Å². The summed E-state index contributed by atoms with van der Waals surface area (Å²) in [4.78, 5) is 17.7. The number of amides is 1. The number of sulfonamides is 1. The topological polar surface area (TPSA) is 124 Å². The van der Waals surface area contributed by atoms with Crippen molar-refractivity contribution in [2.24, 2.45) is 0 Å². The van der Waals surface area contributed by atoms with Crippen molar-refractivity contribution >= 4 is 44.0 Å². The number of hydrogen-bond acceptors (Lipinski definition) is 9. The number of pyridine rings is 1. The summed E-state index contributed by atoms with van der Waals surface area (Å²) >= 11 is 7.14. The van der Waals surface area contributed by atoms with Crippen LogP contribution in [0, 0.1) is 12.7 Å². The van der Waals surface area contributed by atoms with Crippen LogP contribution in [0.2, 0.25) is 5.02 Å². The van der Waals surface area contributed by atoms with Gasteiger partial charge in [0.25, 0.3) is 5.91 Å². The average molecular weight is 634 g/mol. The highest BCUT2D eigenvalue weighted by Gasteiger charge is 2.44. The van der Waals surface area contributed by atoms with Gasteiger partial charge < -0.3 is 9.47 Å². The molecule has 42 heavy (non-hydrogen) atoms. The number of hydrogen-bond donors (Lipinski definition) is 1. The van der Waals surface area contributed by atoms with E-state index in [1.54, 1.807) is 32.1 Å². The minimum absolute atomic E-state index is 0.0252. The molecule has 1 amide bonds. The van der Waals surface area contributed by atoms with Crippen LogP contribution < -0.4 is 10.1 Å². The van der Waals surface area contributed by atoms with Crippen LogP contribution in [0.5, 0.6) is 5.75 Å². The molecule has 0 bridgehead atoms. The third-order valence-corrected chi connectivity index (χ3v) is 10.8. The van der Waals surface area contributed by atoms with Gasteiger partial charge in [-0.1, -0.05) is 47.2 Å². The van der Waals surface area contributed by atoms with Crippen molar-refractivity contribution in [1.29, 1.82) is 0 Å². The lowest BCUT2D eigenvalue weighted by Crippen LogP contribution is -2.45. The van der Waals surface area contributed by atoms with Gasteiger partial charge in [0, 0.05) is 18.8 Å². The number of carbonyl (C=O) groups excluding carboxylic acids is 1. The van der Waals surface area contributed by atoms with Crippen LogP contribution in [0.1, 0.15) is 40.8 Å². The molecule has 5 rings (SSSR count). The van der Waals surface area contributed by atoms with Gasteiger partial charge in [-0.25, -0.2) is 12.8 Å². The van der Waals surface area contributed by atoms with Crippen LogP contribution in [-0.4, -0.2) is 64.9 Å². The zero-order valence-electron chi connectivity index (χ0n) is 23.1. The second-order valence-electron chi connectivity index (χ2n) is 10.1. The third-order valence-electron chi connectivity index (χ3n) is 7.18. The number of aromatic nitrogens is 3. The van der Waals surface area contributed by atoms with Crippen molar-refractivity contribution in [3.8, 4) is 17.0 Å². The van der Waals surface area contributed by atoms with Gasteiger partial charge in [-0.05, 0) is 51.0 Å². The van der Waals surface area contributed by atoms with Crippen LogP contribution in [0.3, 0.4) is 0 Å². The first-order valence-electron chi connectivity index (χ1n) is 13.1. The van der Waals surface area contributed by atoms with Crippen LogP contribution in [0.4, 0.5) is 9.52 Å². The maximum atomic E-state index is 15.1. The zero-order chi connectivity index (χ0) is 30.1. The van der Waals surface area contributed by atoms with E-state index in [0.717, 1.165) is 11.3 Å². The lowest BCUT2D eigenvalue weighted by molar-refractivity contribution is 0.0504. The van der Waals surface area contributed by atoms with Crippen molar-refractivity contribution in [3.05, 3.63) is 75.7 Å². The van der Waals surface area contributed by atoms with Gasteiger partial charge in [0.2, 0.25) is 15.2 Å². The summed E-state index contributed by atoms with van der Waals surface area (Å²) in [5.74, 6) is -1.14. The second-order valence-corrected chi connectivity index (χ2v) is 14.0. The fourth-order valence-electron chi connectivity index (χ4n) is 4.82. The Hall–Kier alpha value is -3.23. The summed E-state index contributed by atoms with van der Waals surface area (Å²) in [6, 6.07) is 6.05. The van der Waals surface area contributed by atoms with E-state index in [0.29, 0.717) is 30.1 Å². The number of benzene rings is 1. The Bertz CT molecular complexity index is 1680. The van der Waals surface area contributed by atoms with E-state index in [-0.39, 0.29) is 52.0 Å². The van der Waals surface area contributed by atoms with E-state index < -0.39 is 26.5 Å². The summed E-state index contributed by atoms with van der Waals surface area (Å²) in [5.41, 5.74) is 0.713. The summed E-state index contributed by atoms with van der Waals surface area (Å²) in [6.45, 7) is 4.19. The number of halogens is 2. The number of allylic oxidation sites excluding steroid dienone is 3. The molecule has 3 aromatic rings. The average Bonchev–Trinajstić information content (AvgIpc) is 3.63. The fourth-order valence-corrected chi connectivity index (χ4v) is 7.49. The van der Waals surface area contributed by atoms with Gasteiger partial charge in [0.15, 0.2) is 5.82 Å². The first-order valence-corrected chi connectivity index (χ1v) is 15.8. The molecular weight excluding hydrogens is 605 g/mol. The van der Waals surface area contributed by atoms with E-state index in [4.69, 9.17) is 21.1 Å². The number of aryl methyl sites for hydroxylation is 1. The Labute approximate surface area is 252 Å². The number of ether oxygens (including phenoxy) is 2. The molecule has 222 valence electrons. The van der Waals surface area contributed by atoms with Gasteiger partial charge in [-0.2, -0.15) is 4.31 Å². The Balaban J connectivity index is 1.24. The molecule has 10 nitrogen and oxygen atoms in total. The molecule has 0 spiro atoms. The normalized spacial score (nSPS) is 20.6. The molecule has 2 atom stereocenters. The van der Waals surface area contributed by atoms with Crippen molar-refractivity contribution in [2.75, 3.05) is 25.5 Å². The number of rotatable bonds is 9. The number of nitrogens with zero attached hydrogens (tertiary/aromatic N) is 4. The molecular formula is C28H29ClFN5O5S2. The molecule has 1 unspecified atom stereocenters. The number of nitrogens with one attached hydrogen (secondary N) is 1. The van der Waals surface area contributed by atoms with Crippen molar-refractivity contribution in [3.63, 3.8) is 0 Å². The van der Waals surface area contributed by atoms with Crippen LogP contribution >= 0.6 is 22.9 Å². The quantitative estimate of drug-likeness (QED) is 0.343. The fraction of sp³-hybridized carbons (Fsp3) is 0.357. The van der Waals surface area contributed by atoms with Crippen LogP contribution in [0.25, 0.3) is 11.3 Å². The Morgan fingerprint density at radius 2 is 2.07 bits per heavy atom. The maximum Gasteiger partial charge on any atom is 0.259 e. The Morgan fingerprint density at radius 1 is 1.26 bits per heavy atom. The second kappa shape index (κ2) is 12.2. The molecule has 14 heteroatoms. The third kappa shape index (κ3) is 5.97. The van der Waals surface area contributed by atoms with Crippen LogP contribution in [-0.2, 0) is 21.4 Å². The van der Waals surface area contributed by atoms with E-state index in [9.17, 15) is 13.2 Å². The van der Waals surface area contributed by atoms with E-state index >= 15 is 4.39 Å². The largest absolute Gasteiger partial charge is 0.496 e. The predicted octanol–water partition coefficient (Wildman–Crippen LogP) is 5.16. The van der Waals surface area contributed by atoms with Gasteiger partial charge in [-0.15, -0.1) is 10.2 Å². The molecule has 1 saturated heterocycles. The summed E-state index contributed by atoms with van der Waals surface area (Å²) in [7, 11) is -2.16. The van der Waals surface area contributed by atoms with Gasteiger partial charge in [0.05, 0.1) is 35.1 Å². The molecule has 2 aliphatic rings.